The van der Waals surface area contributed by atoms with Crippen molar-refractivity contribution in [1.29, 1.82) is 0 Å². The van der Waals surface area contributed by atoms with Gasteiger partial charge in [0.1, 0.15) is 10.7 Å². The number of nitrogens with one attached hydrogen (secondary N) is 1. The molecule has 0 aliphatic heterocycles. The van der Waals surface area contributed by atoms with E-state index in [4.69, 9.17) is 0 Å². The summed E-state index contributed by atoms with van der Waals surface area (Å²) in [4.78, 5) is 4.49. The summed E-state index contributed by atoms with van der Waals surface area (Å²) < 4.78 is 27.2. The molecule has 1 N–H and O–H groups in total. The predicted octanol–water partition coefficient (Wildman–Crippen LogP) is 4.76. The van der Waals surface area contributed by atoms with E-state index in [1.54, 1.807) is 12.1 Å². The predicted molar refractivity (Wildman–Crippen MR) is 107 cm³/mol. The molecule has 0 unspecified atom stereocenters. The lowest BCUT2D eigenvalue weighted by Crippen LogP contribution is -2.41. The van der Waals surface area contributed by atoms with Crippen molar-refractivity contribution in [2.45, 2.75) is 64.4 Å². The molecule has 0 amide bonds. The lowest BCUT2D eigenvalue weighted by Gasteiger charge is -2.29. The molecule has 142 valence electrons. The van der Waals surface area contributed by atoms with Crippen molar-refractivity contribution in [3.63, 3.8) is 0 Å². The third-order valence-electron chi connectivity index (χ3n) is 4.18. The molecule has 0 aliphatic rings. The molecule has 0 radical (unpaired) electrons. The summed E-state index contributed by atoms with van der Waals surface area (Å²) in [5, 5.41) is 3.20. The van der Waals surface area contributed by atoms with Crippen LogP contribution in [0.3, 0.4) is 0 Å². The SMILES string of the molecule is CC(C)c1ccc(Nc2ccc(S(=O)(=O)N(C(C)C)C(C)C)cn2)cc1. The van der Waals surface area contributed by atoms with E-state index in [9.17, 15) is 8.42 Å². The smallest absolute Gasteiger partial charge is 0.245 e. The molecule has 0 aliphatic carbocycles. The molecule has 2 aromatic rings. The highest BCUT2D eigenvalue weighted by atomic mass is 32.2. The fraction of sp³-hybridized carbons (Fsp3) is 0.450. The summed E-state index contributed by atoms with van der Waals surface area (Å²) in [6.45, 7) is 11.8. The van der Waals surface area contributed by atoms with Crippen LogP contribution in [0.2, 0.25) is 0 Å². The summed E-state index contributed by atoms with van der Waals surface area (Å²) in [7, 11) is -3.56. The van der Waals surface area contributed by atoms with Gasteiger partial charge in [-0.05, 0) is 63.4 Å². The minimum absolute atomic E-state index is 0.114. The molecule has 6 heteroatoms. The monoisotopic (exact) mass is 375 g/mol. The van der Waals surface area contributed by atoms with Gasteiger partial charge < -0.3 is 5.32 Å². The minimum atomic E-state index is -3.56. The molecule has 0 atom stereocenters. The van der Waals surface area contributed by atoms with Crippen molar-refractivity contribution < 1.29 is 8.42 Å². The standard InChI is InChI=1S/C20H29N3O2S/c1-14(2)17-7-9-18(10-8-17)22-20-12-11-19(13-21-20)26(24,25)23(15(3)4)16(5)6/h7-16H,1-6H3,(H,21,22). The highest BCUT2D eigenvalue weighted by Gasteiger charge is 2.29. The summed E-state index contributed by atoms with van der Waals surface area (Å²) >= 11 is 0. The van der Waals surface area contributed by atoms with E-state index in [-0.39, 0.29) is 17.0 Å². The molecule has 26 heavy (non-hydrogen) atoms. The van der Waals surface area contributed by atoms with Crippen molar-refractivity contribution in [2.24, 2.45) is 0 Å². The van der Waals surface area contributed by atoms with Crippen molar-refractivity contribution in [2.75, 3.05) is 5.32 Å². The molecule has 2 rings (SSSR count). The van der Waals surface area contributed by atoms with Crippen LogP contribution in [0, 0.1) is 0 Å². The molecule has 1 aromatic heterocycles. The first-order valence-electron chi connectivity index (χ1n) is 8.99. The Morgan fingerprint density at radius 2 is 1.46 bits per heavy atom. The van der Waals surface area contributed by atoms with Gasteiger partial charge in [-0.3, -0.25) is 0 Å². The Bertz CT molecular complexity index is 803. The van der Waals surface area contributed by atoms with Crippen LogP contribution in [0.15, 0.2) is 47.5 Å². The Labute approximate surface area is 157 Å². The van der Waals surface area contributed by atoms with Gasteiger partial charge in [0, 0.05) is 24.0 Å². The van der Waals surface area contributed by atoms with Crippen molar-refractivity contribution >= 4 is 21.5 Å². The second-order valence-electron chi connectivity index (χ2n) is 7.30. The van der Waals surface area contributed by atoms with E-state index in [0.717, 1.165) is 5.69 Å². The highest BCUT2D eigenvalue weighted by Crippen LogP contribution is 2.23. The van der Waals surface area contributed by atoms with Crippen LogP contribution in [0.4, 0.5) is 11.5 Å². The number of pyridine rings is 1. The van der Waals surface area contributed by atoms with Crippen molar-refractivity contribution in [3.05, 3.63) is 48.2 Å². The Kier molecular flexibility index (Phi) is 6.42. The van der Waals surface area contributed by atoms with Crippen LogP contribution < -0.4 is 5.32 Å². The van der Waals surface area contributed by atoms with Gasteiger partial charge in [0.25, 0.3) is 0 Å². The van der Waals surface area contributed by atoms with Gasteiger partial charge in [0.05, 0.1) is 0 Å². The molecule has 0 fully saturated rings. The maximum Gasteiger partial charge on any atom is 0.245 e. The molecule has 0 bridgehead atoms. The molecule has 0 saturated carbocycles. The zero-order chi connectivity index (χ0) is 19.5. The second kappa shape index (κ2) is 8.18. The molecule has 0 saturated heterocycles. The van der Waals surface area contributed by atoms with Gasteiger partial charge in [0.15, 0.2) is 0 Å². The third kappa shape index (κ3) is 4.62. The van der Waals surface area contributed by atoms with Crippen molar-refractivity contribution in [1.82, 2.24) is 9.29 Å². The summed E-state index contributed by atoms with van der Waals surface area (Å²) in [5.74, 6) is 1.10. The number of benzene rings is 1. The molecule has 0 spiro atoms. The van der Waals surface area contributed by atoms with Gasteiger partial charge in [-0.2, -0.15) is 4.31 Å². The number of aromatic nitrogens is 1. The summed E-state index contributed by atoms with van der Waals surface area (Å²) in [6.07, 6.45) is 1.41. The normalized spacial score (nSPS) is 12.4. The van der Waals surface area contributed by atoms with Crippen LogP contribution in [-0.4, -0.2) is 29.8 Å². The number of hydrogen-bond acceptors (Lipinski definition) is 4. The number of hydrogen-bond donors (Lipinski definition) is 1. The van der Waals surface area contributed by atoms with Crippen molar-refractivity contribution in [3.8, 4) is 0 Å². The molecule has 5 nitrogen and oxygen atoms in total. The third-order valence-corrected chi connectivity index (χ3v) is 6.41. The quantitative estimate of drug-likeness (QED) is 0.758. The van der Waals surface area contributed by atoms with Gasteiger partial charge >= 0.3 is 0 Å². The lowest BCUT2D eigenvalue weighted by atomic mass is 10.0. The van der Waals surface area contributed by atoms with E-state index >= 15 is 0 Å². The zero-order valence-electron chi connectivity index (χ0n) is 16.4. The average Bonchev–Trinajstić information content (AvgIpc) is 2.54. The molecule has 1 heterocycles. The van der Waals surface area contributed by atoms with E-state index in [1.165, 1.54) is 16.1 Å². The lowest BCUT2D eigenvalue weighted by molar-refractivity contribution is 0.302. The average molecular weight is 376 g/mol. The highest BCUT2D eigenvalue weighted by molar-refractivity contribution is 7.89. The van der Waals surface area contributed by atoms with Gasteiger partial charge in [-0.25, -0.2) is 13.4 Å². The van der Waals surface area contributed by atoms with Crippen LogP contribution in [-0.2, 0) is 10.0 Å². The molecular formula is C20H29N3O2S. The van der Waals surface area contributed by atoms with Crippen LogP contribution in [0.1, 0.15) is 53.0 Å². The first-order valence-corrected chi connectivity index (χ1v) is 10.4. The van der Waals surface area contributed by atoms with E-state index in [1.807, 2.05) is 39.8 Å². The maximum absolute atomic E-state index is 12.9. The number of anilines is 2. The molecule has 1 aromatic carbocycles. The minimum Gasteiger partial charge on any atom is -0.340 e. The van der Waals surface area contributed by atoms with E-state index in [0.29, 0.717) is 11.7 Å². The van der Waals surface area contributed by atoms with Crippen LogP contribution in [0.5, 0.6) is 0 Å². The van der Waals surface area contributed by atoms with Gasteiger partial charge in [-0.15, -0.1) is 0 Å². The Balaban J connectivity index is 2.19. The fourth-order valence-electron chi connectivity index (χ4n) is 2.98. The zero-order valence-corrected chi connectivity index (χ0v) is 17.2. The fourth-order valence-corrected chi connectivity index (χ4v) is 4.76. The van der Waals surface area contributed by atoms with E-state index in [2.05, 4.69) is 36.3 Å². The second-order valence-corrected chi connectivity index (χ2v) is 9.15. The van der Waals surface area contributed by atoms with Gasteiger partial charge in [0.2, 0.25) is 10.0 Å². The number of sulfonamides is 1. The Hall–Kier alpha value is -1.92. The molecular weight excluding hydrogens is 346 g/mol. The maximum atomic E-state index is 12.9. The first kappa shape index (κ1) is 20.4. The number of rotatable bonds is 7. The van der Waals surface area contributed by atoms with Gasteiger partial charge in [-0.1, -0.05) is 26.0 Å². The largest absolute Gasteiger partial charge is 0.340 e. The van der Waals surface area contributed by atoms with Crippen LogP contribution in [0.25, 0.3) is 0 Å². The Morgan fingerprint density at radius 3 is 1.88 bits per heavy atom. The summed E-state index contributed by atoms with van der Waals surface area (Å²) in [5.41, 5.74) is 2.19. The first-order chi connectivity index (χ1) is 12.1. The van der Waals surface area contributed by atoms with E-state index < -0.39 is 10.0 Å². The number of nitrogens with zero attached hydrogens (tertiary/aromatic N) is 2. The van der Waals surface area contributed by atoms with Crippen LogP contribution >= 0.6 is 0 Å². The topological polar surface area (TPSA) is 62.3 Å². The summed E-state index contributed by atoms with van der Waals surface area (Å²) in [6, 6.07) is 11.2. The Morgan fingerprint density at radius 1 is 0.885 bits per heavy atom.